The number of aromatic carboxylic acids is 1. The van der Waals surface area contributed by atoms with Crippen LogP contribution in [0.2, 0.25) is 0 Å². The molecule has 20 heavy (non-hydrogen) atoms. The molecule has 0 aliphatic carbocycles. The van der Waals surface area contributed by atoms with Gasteiger partial charge in [0, 0.05) is 6.42 Å². The molecular weight excluding hydrogens is 262 g/mol. The van der Waals surface area contributed by atoms with Crippen molar-refractivity contribution >= 4 is 28.8 Å². The largest absolute Gasteiger partial charge is 0.478 e. The van der Waals surface area contributed by atoms with Gasteiger partial charge in [0.15, 0.2) is 0 Å². The monoisotopic (exact) mass is 273 g/mol. The van der Waals surface area contributed by atoms with E-state index in [1.54, 1.807) is 10.6 Å². The van der Waals surface area contributed by atoms with Crippen LogP contribution in [0.1, 0.15) is 29.2 Å². The van der Waals surface area contributed by atoms with E-state index in [0.717, 1.165) is 0 Å². The number of amides is 2. The van der Waals surface area contributed by atoms with Crippen LogP contribution in [0.5, 0.6) is 0 Å². The average molecular weight is 273 g/mol. The Hall–Kier alpha value is -2.70. The van der Waals surface area contributed by atoms with Crippen molar-refractivity contribution in [3.63, 3.8) is 0 Å². The van der Waals surface area contributed by atoms with E-state index in [9.17, 15) is 14.4 Å². The smallest absolute Gasteiger partial charge is 0.335 e. The summed E-state index contributed by atoms with van der Waals surface area (Å²) in [6.45, 7) is 0. The van der Waals surface area contributed by atoms with Crippen LogP contribution in [-0.4, -0.2) is 32.4 Å². The van der Waals surface area contributed by atoms with E-state index >= 15 is 0 Å². The van der Waals surface area contributed by atoms with Crippen molar-refractivity contribution in [1.29, 1.82) is 0 Å². The maximum absolute atomic E-state index is 11.9. The van der Waals surface area contributed by atoms with Gasteiger partial charge in [-0.1, -0.05) is 0 Å². The molecule has 0 radical (unpaired) electrons. The molecule has 7 heteroatoms. The first-order chi connectivity index (χ1) is 9.56. The van der Waals surface area contributed by atoms with Crippen LogP contribution >= 0.6 is 0 Å². The summed E-state index contributed by atoms with van der Waals surface area (Å²) in [5.41, 5.74) is 1.31. The van der Waals surface area contributed by atoms with Crippen molar-refractivity contribution in [2.45, 2.75) is 18.9 Å². The predicted molar refractivity (Wildman–Crippen MR) is 68.1 cm³/mol. The van der Waals surface area contributed by atoms with E-state index in [0.29, 0.717) is 17.5 Å². The zero-order valence-electron chi connectivity index (χ0n) is 10.4. The van der Waals surface area contributed by atoms with Crippen molar-refractivity contribution in [2.75, 3.05) is 0 Å². The Labute approximate surface area is 113 Å². The average Bonchev–Trinajstić information content (AvgIpc) is 2.81. The number of carboxylic acids is 1. The molecule has 0 spiro atoms. The Morgan fingerprint density at radius 1 is 1.40 bits per heavy atom. The molecule has 1 fully saturated rings. The molecule has 1 aliphatic heterocycles. The molecule has 0 saturated carbocycles. The summed E-state index contributed by atoms with van der Waals surface area (Å²) in [5.74, 6) is -1.72. The molecule has 3 rings (SSSR count). The lowest BCUT2D eigenvalue weighted by Crippen LogP contribution is -2.41. The zero-order chi connectivity index (χ0) is 14.3. The molecule has 7 nitrogen and oxygen atoms in total. The molecule has 1 aromatic carbocycles. The second-order valence-corrected chi connectivity index (χ2v) is 4.63. The van der Waals surface area contributed by atoms with Crippen molar-refractivity contribution in [3.05, 3.63) is 30.1 Å². The Kier molecular flexibility index (Phi) is 2.74. The number of carbonyl (C=O) groups excluding carboxylic acids is 2. The van der Waals surface area contributed by atoms with Crippen LogP contribution in [0, 0.1) is 0 Å². The minimum atomic E-state index is -1.04. The lowest BCUT2D eigenvalue weighted by atomic mass is 10.1. The van der Waals surface area contributed by atoms with Crippen molar-refractivity contribution in [2.24, 2.45) is 0 Å². The van der Waals surface area contributed by atoms with Crippen LogP contribution in [-0.2, 0) is 9.59 Å². The summed E-state index contributed by atoms with van der Waals surface area (Å²) in [5, 5.41) is 11.3. The second kappa shape index (κ2) is 4.44. The molecule has 2 N–H and O–H groups in total. The van der Waals surface area contributed by atoms with E-state index in [2.05, 4.69) is 10.3 Å². The molecule has 1 unspecified atom stereocenters. The predicted octanol–water partition coefficient (Wildman–Crippen LogP) is 0.712. The van der Waals surface area contributed by atoms with Gasteiger partial charge in [0.05, 0.1) is 22.9 Å². The van der Waals surface area contributed by atoms with Gasteiger partial charge < -0.3 is 9.67 Å². The highest BCUT2D eigenvalue weighted by molar-refractivity contribution is 6.00. The maximum atomic E-state index is 11.9. The van der Waals surface area contributed by atoms with Gasteiger partial charge in [-0.3, -0.25) is 14.9 Å². The normalized spacial score (nSPS) is 19.1. The van der Waals surface area contributed by atoms with Gasteiger partial charge in [-0.25, -0.2) is 9.78 Å². The van der Waals surface area contributed by atoms with E-state index in [1.807, 2.05) is 0 Å². The Balaban J connectivity index is 2.07. The quantitative estimate of drug-likeness (QED) is 0.785. The fourth-order valence-electron chi connectivity index (χ4n) is 2.35. The van der Waals surface area contributed by atoms with Gasteiger partial charge in [0.25, 0.3) is 0 Å². The van der Waals surface area contributed by atoms with Crippen molar-refractivity contribution < 1.29 is 19.5 Å². The summed E-state index contributed by atoms with van der Waals surface area (Å²) in [6.07, 6.45) is 2.14. The molecular formula is C13H11N3O4. The number of nitrogens with one attached hydrogen (secondary N) is 1. The molecule has 1 aliphatic rings. The van der Waals surface area contributed by atoms with E-state index in [-0.39, 0.29) is 23.8 Å². The van der Waals surface area contributed by atoms with Gasteiger partial charge in [0.2, 0.25) is 11.8 Å². The van der Waals surface area contributed by atoms with Gasteiger partial charge in [-0.2, -0.15) is 0 Å². The highest BCUT2D eigenvalue weighted by atomic mass is 16.4. The van der Waals surface area contributed by atoms with Crippen LogP contribution in [0.15, 0.2) is 24.5 Å². The number of benzene rings is 1. The van der Waals surface area contributed by atoms with Gasteiger partial charge in [-0.05, 0) is 24.6 Å². The summed E-state index contributed by atoms with van der Waals surface area (Å²) in [4.78, 5) is 38.2. The standard InChI is InChI=1S/C13H11N3O4/c17-11-4-3-9(12(18)15-11)16-6-14-8-2-1-7(13(19)20)5-10(8)16/h1-2,5-6,9H,3-4H2,(H,19,20)(H,15,17,18). The zero-order valence-corrected chi connectivity index (χ0v) is 10.4. The molecule has 1 aromatic heterocycles. The molecule has 2 amide bonds. The van der Waals surface area contributed by atoms with Crippen molar-refractivity contribution in [3.8, 4) is 0 Å². The fraction of sp³-hybridized carbons (Fsp3) is 0.231. The Bertz CT molecular complexity index is 734. The minimum absolute atomic E-state index is 0.131. The number of hydrogen-bond donors (Lipinski definition) is 2. The third kappa shape index (κ3) is 1.93. The van der Waals surface area contributed by atoms with Gasteiger partial charge in [0.1, 0.15) is 6.04 Å². The third-order valence-corrected chi connectivity index (χ3v) is 3.37. The molecule has 1 saturated heterocycles. The number of piperidine rings is 1. The van der Waals surface area contributed by atoms with Crippen molar-refractivity contribution in [1.82, 2.24) is 14.9 Å². The molecule has 102 valence electrons. The van der Waals surface area contributed by atoms with Crippen LogP contribution in [0.25, 0.3) is 11.0 Å². The van der Waals surface area contributed by atoms with E-state index in [4.69, 9.17) is 5.11 Å². The number of carboxylic acid groups (broad SMARTS) is 1. The van der Waals surface area contributed by atoms with Crippen LogP contribution in [0.4, 0.5) is 0 Å². The molecule has 2 heterocycles. The van der Waals surface area contributed by atoms with E-state index < -0.39 is 12.0 Å². The first-order valence-electron chi connectivity index (χ1n) is 6.10. The third-order valence-electron chi connectivity index (χ3n) is 3.37. The lowest BCUT2D eigenvalue weighted by Gasteiger charge is -2.22. The highest BCUT2D eigenvalue weighted by Crippen LogP contribution is 2.24. The SMILES string of the molecule is O=C1CCC(n2cnc3ccc(C(=O)O)cc32)C(=O)N1. The number of imide groups is 1. The number of imidazole rings is 1. The topological polar surface area (TPSA) is 101 Å². The summed E-state index contributed by atoms with van der Waals surface area (Å²) in [6, 6.07) is 4.00. The fourth-order valence-corrected chi connectivity index (χ4v) is 2.35. The van der Waals surface area contributed by atoms with Crippen LogP contribution in [0.3, 0.4) is 0 Å². The first-order valence-corrected chi connectivity index (χ1v) is 6.10. The number of rotatable bonds is 2. The molecule has 1 atom stereocenters. The minimum Gasteiger partial charge on any atom is -0.478 e. The van der Waals surface area contributed by atoms with Gasteiger partial charge in [-0.15, -0.1) is 0 Å². The Morgan fingerprint density at radius 3 is 2.90 bits per heavy atom. The number of hydrogen-bond acceptors (Lipinski definition) is 4. The Morgan fingerprint density at radius 2 is 2.20 bits per heavy atom. The maximum Gasteiger partial charge on any atom is 0.335 e. The molecule has 0 bridgehead atoms. The second-order valence-electron chi connectivity index (χ2n) is 4.63. The first kappa shape index (κ1) is 12.3. The number of fused-ring (bicyclic) bond motifs is 1. The summed E-state index contributed by atoms with van der Waals surface area (Å²) < 4.78 is 1.61. The van der Waals surface area contributed by atoms with E-state index in [1.165, 1.54) is 18.5 Å². The van der Waals surface area contributed by atoms with Crippen LogP contribution < -0.4 is 5.32 Å². The molecule has 2 aromatic rings. The number of nitrogens with zero attached hydrogens (tertiary/aromatic N) is 2. The number of aromatic nitrogens is 2. The lowest BCUT2D eigenvalue weighted by molar-refractivity contribution is -0.135. The highest BCUT2D eigenvalue weighted by Gasteiger charge is 2.29. The summed E-state index contributed by atoms with van der Waals surface area (Å²) in [7, 11) is 0. The van der Waals surface area contributed by atoms with Gasteiger partial charge >= 0.3 is 5.97 Å². The summed E-state index contributed by atoms with van der Waals surface area (Å²) >= 11 is 0. The number of carbonyl (C=O) groups is 3.